The van der Waals surface area contributed by atoms with Crippen molar-refractivity contribution < 1.29 is 0 Å². The molecular formula is C14H23N5S. The van der Waals surface area contributed by atoms with Gasteiger partial charge >= 0.3 is 0 Å². The summed E-state index contributed by atoms with van der Waals surface area (Å²) >= 11 is 1.66. The SMILES string of the molecule is CCCNc1nc(N(C)CCN(C)C)c2ccsc2n1. The summed E-state index contributed by atoms with van der Waals surface area (Å²) in [6.07, 6.45) is 1.07. The highest BCUT2D eigenvalue weighted by Gasteiger charge is 2.12. The zero-order valence-corrected chi connectivity index (χ0v) is 13.5. The minimum Gasteiger partial charge on any atom is -0.358 e. The first-order valence-corrected chi connectivity index (χ1v) is 7.84. The molecule has 0 atom stereocenters. The quantitative estimate of drug-likeness (QED) is 0.850. The molecule has 2 aromatic rings. The van der Waals surface area contributed by atoms with Crippen LogP contribution in [0.5, 0.6) is 0 Å². The van der Waals surface area contributed by atoms with Gasteiger partial charge in [-0.25, -0.2) is 4.98 Å². The van der Waals surface area contributed by atoms with Gasteiger partial charge in [0.05, 0.1) is 5.39 Å². The van der Waals surface area contributed by atoms with E-state index in [2.05, 4.69) is 64.6 Å². The first kappa shape index (κ1) is 15.0. The Balaban J connectivity index is 2.26. The molecule has 110 valence electrons. The van der Waals surface area contributed by atoms with Gasteiger partial charge in [0, 0.05) is 26.7 Å². The zero-order valence-electron chi connectivity index (χ0n) is 12.7. The fourth-order valence-corrected chi connectivity index (χ4v) is 2.66. The Morgan fingerprint density at radius 1 is 1.20 bits per heavy atom. The molecule has 0 aliphatic carbocycles. The third-order valence-corrected chi connectivity index (χ3v) is 3.89. The van der Waals surface area contributed by atoms with Crippen molar-refractivity contribution >= 4 is 33.3 Å². The van der Waals surface area contributed by atoms with E-state index < -0.39 is 0 Å². The zero-order chi connectivity index (χ0) is 14.5. The van der Waals surface area contributed by atoms with E-state index in [1.54, 1.807) is 11.3 Å². The van der Waals surface area contributed by atoms with E-state index in [9.17, 15) is 0 Å². The van der Waals surface area contributed by atoms with E-state index >= 15 is 0 Å². The van der Waals surface area contributed by atoms with Gasteiger partial charge in [-0.15, -0.1) is 11.3 Å². The number of aromatic nitrogens is 2. The van der Waals surface area contributed by atoms with Crippen LogP contribution < -0.4 is 10.2 Å². The minimum atomic E-state index is 0.730. The molecule has 5 nitrogen and oxygen atoms in total. The third-order valence-electron chi connectivity index (χ3n) is 3.08. The molecule has 0 spiro atoms. The molecule has 0 unspecified atom stereocenters. The molecule has 2 aromatic heterocycles. The largest absolute Gasteiger partial charge is 0.358 e. The van der Waals surface area contributed by atoms with Crippen molar-refractivity contribution in [2.45, 2.75) is 13.3 Å². The lowest BCUT2D eigenvalue weighted by molar-refractivity contribution is 0.416. The van der Waals surface area contributed by atoms with Crippen LogP contribution in [0.3, 0.4) is 0 Å². The normalized spacial score (nSPS) is 11.2. The predicted octanol–water partition coefficient (Wildman–Crippen LogP) is 2.51. The van der Waals surface area contributed by atoms with Crippen molar-refractivity contribution in [1.29, 1.82) is 0 Å². The van der Waals surface area contributed by atoms with E-state index in [0.29, 0.717) is 0 Å². The van der Waals surface area contributed by atoms with Crippen LogP contribution in [0.15, 0.2) is 11.4 Å². The van der Waals surface area contributed by atoms with Crippen LogP contribution in [0.4, 0.5) is 11.8 Å². The second kappa shape index (κ2) is 6.85. The average molecular weight is 293 g/mol. The Morgan fingerprint density at radius 3 is 2.70 bits per heavy atom. The van der Waals surface area contributed by atoms with Gasteiger partial charge in [0.15, 0.2) is 0 Å². The van der Waals surface area contributed by atoms with Crippen LogP contribution in [0.2, 0.25) is 0 Å². The summed E-state index contributed by atoms with van der Waals surface area (Å²) < 4.78 is 0. The molecule has 20 heavy (non-hydrogen) atoms. The molecule has 0 radical (unpaired) electrons. The average Bonchev–Trinajstić information content (AvgIpc) is 2.89. The van der Waals surface area contributed by atoms with Gasteiger partial charge in [0.2, 0.25) is 5.95 Å². The Kier molecular flexibility index (Phi) is 5.14. The van der Waals surface area contributed by atoms with Crippen LogP contribution in [0.1, 0.15) is 13.3 Å². The second-order valence-corrected chi connectivity index (χ2v) is 6.06. The summed E-state index contributed by atoms with van der Waals surface area (Å²) in [5, 5.41) is 6.50. The number of hydrogen-bond acceptors (Lipinski definition) is 6. The van der Waals surface area contributed by atoms with Gasteiger partial charge in [-0.05, 0) is 32.0 Å². The van der Waals surface area contributed by atoms with Crippen LogP contribution in [0.25, 0.3) is 10.2 Å². The second-order valence-electron chi connectivity index (χ2n) is 5.16. The summed E-state index contributed by atoms with van der Waals surface area (Å²) in [4.78, 5) is 14.7. The van der Waals surface area contributed by atoms with Crippen molar-refractivity contribution in [3.63, 3.8) is 0 Å². The Bertz CT molecular complexity index is 551. The molecule has 6 heteroatoms. The van der Waals surface area contributed by atoms with Crippen LogP contribution in [-0.4, -0.2) is 55.6 Å². The fourth-order valence-electron chi connectivity index (χ4n) is 1.90. The summed E-state index contributed by atoms with van der Waals surface area (Å²) in [6.45, 7) is 4.99. The van der Waals surface area contributed by atoms with Crippen molar-refractivity contribution in [3.8, 4) is 0 Å². The van der Waals surface area contributed by atoms with E-state index in [1.807, 2.05) is 0 Å². The number of anilines is 2. The smallest absolute Gasteiger partial charge is 0.226 e. The lowest BCUT2D eigenvalue weighted by atomic mass is 10.3. The Labute approximate surface area is 124 Å². The van der Waals surface area contributed by atoms with Crippen molar-refractivity contribution in [2.75, 3.05) is 51.0 Å². The van der Waals surface area contributed by atoms with Gasteiger partial charge < -0.3 is 15.1 Å². The molecule has 0 aliphatic rings. The number of fused-ring (bicyclic) bond motifs is 1. The minimum absolute atomic E-state index is 0.730. The van der Waals surface area contributed by atoms with E-state index in [1.165, 1.54) is 0 Å². The van der Waals surface area contributed by atoms with E-state index in [-0.39, 0.29) is 0 Å². The maximum Gasteiger partial charge on any atom is 0.226 e. The van der Waals surface area contributed by atoms with Gasteiger partial charge in [0.25, 0.3) is 0 Å². The number of nitrogens with zero attached hydrogens (tertiary/aromatic N) is 4. The third kappa shape index (κ3) is 3.58. The van der Waals surface area contributed by atoms with Gasteiger partial charge in [-0.3, -0.25) is 0 Å². The van der Waals surface area contributed by atoms with Gasteiger partial charge in [0.1, 0.15) is 10.6 Å². The molecule has 0 saturated heterocycles. The summed E-state index contributed by atoms with van der Waals surface area (Å²) in [5.41, 5.74) is 0. The van der Waals surface area contributed by atoms with E-state index in [0.717, 1.165) is 48.0 Å². The number of likely N-dealkylation sites (N-methyl/N-ethyl adjacent to an activating group) is 2. The summed E-state index contributed by atoms with van der Waals surface area (Å²) in [5.74, 6) is 1.74. The lowest BCUT2D eigenvalue weighted by Gasteiger charge is -2.21. The van der Waals surface area contributed by atoms with Gasteiger partial charge in [-0.2, -0.15) is 4.98 Å². The van der Waals surface area contributed by atoms with E-state index in [4.69, 9.17) is 0 Å². The van der Waals surface area contributed by atoms with Crippen molar-refractivity contribution in [3.05, 3.63) is 11.4 Å². The topological polar surface area (TPSA) is 44.3 Å². The predicted molar refractivity (Wildman–Crippen MR) is 88.0 cm³/mol. The summed E-state index contributed by atoms with van der Waals surface area (Å²) in [6, 6.07) is 2.10. The van der Waals surface area contributed by atoms with Crippen molar-refractivity contribution in [2.24, 2.45) is 0 Å². The fraction of sp³-hybridized carbons (Fsp3) is 0.571. The standard InChI is InChI=1S/C14H23N5S/c1-5-7-15-14-16-12(19(4)9-8-18(2)3)11-6-10-20-13(11)17-14/h6,10H,5,7-9H2,1-4H3,(H,15,16,17). The monoisotopic (exact) mass is 293 g/mol. The molecule has 2 rings (SSSR count). The Morgan fingerprint density at radius 2 is 2.00 bits per heavy atom. The van der Waals surface area contributed by atoms with Crippen LogP contribution in [-0.2, 0) is 0 Å². The number of thiophene rings is 1. The molecule has 0 aromatic carbocycles. The maximum absolute atomic E-state index is 4.68. The molecule has 0 amide bonds. The highest BCUT2D eigenvalue weighted by Crippen LogP contribution is 2.28. The summed E-state index contributed by atoms with van der Waals surface area (Å²) in [7, 11) is 6.26. The lowest BCUT2D eigenvalue weighted by Crippen LogP contribution is -2.29. The molecular weight excluding hydrogens is 270 g/mol. The van der Waals surface area contributed by atoms with Crippen LogP contribution in [0, 0.1) is 0 Å². The highest BCUT2D eigenvalue weighted by atomic mass is 32.1. The van der Waals surface area contributed by atoms with Gasteiger partial charge in [-0.1, -0.05) is 6.92 Å². The maximum atomic E-state index is 4.68. The molecule has 0 fully saturated rings. The number of hydrogen-bond donors (Lipinski definition) is 1. The van der Waals surface area contributed by atoms with Crippen LogP contribution >= 0.6 is 11.3 Å². The molecule has 2 heterocycles. The first-order valence-electron chi connectivity index (χ1n) is 6.96. The number of nitrogens with one attached hydrogen (secondary N) is 1. The van der Waals surface area contributed by atoms with Crippen molar-refractivity contribution in [1.82, 2.24) is 14.9 Å². The molecule has 0 saturated carbocycles. The molecule has 1 N–H and O–H groups in total. The highest BCUT2D eigenvalue weighted by molar-refractivity contribution is 7.16. The molecule has 0 aliphatic heterocycles. The molecule has 0 bridgehead atoms. The number of rotatable bonds is 7. The first-order chi connectivity index (χ1) is 9.61. The Hall–Kier alpha value is -1.40.